The van der Waals surface area contributed by atoms with Crippen LogP contribution >= 0.6 is 11.8 Å². The van der Waals surface area contributed by atoms with Gasteiger partial charge in [-0.1, -0.05) is 36.0 Å². The van der Waals surface area contributed by atoms with Crippen LogP contribution in [0.15, 0.2) is 76.5 Å². The second kappa shape index (κ2) is 7.19. The minimum absolute atomic E-state index is 0.0281. The molecule has 122 valence electrons. The summed E-state index contributed by atoms with van der Waals surface area (Å²) in [7, 11) is 1.43. The van der Waals surface area contributed by atoms with Gasteiger partial charge in [-0.05, 0) is 36.4 Å². The third-order valence-electron chi connectivity index (χ3n) is 3.43. The minimum Gasteiger partial charge on any atom is -0.508 e. The molecule has 0 saturated heterocycles. The van der Waals surface area contributed by atoms with Crippen molar-refractivity contribution in [2.45, 2.75) is 9.79 Å². The van der Waals surface area contributed by atoms with Gasteiger partial charge in [-0.3, -0.25) is 0 Å². The molecule has 1 aliphatic heterocycles. The Balaban J connectivity index is 0.000000150. The maximum atomic E-state index is 9.00. The van der Waals surface area contributed by atoms with Crippen molar-refractivity contribution in [1.29, 1.82) is 0 Å². The topological polar surface area (TPSA) is 61.7 Å². The van der Waals surface area contributed by atoms with E-state index in [-0.39, 0.29) is 17.2 Å². The summed E-state index contributed by atoms with van der Waals surface area (Å²) in [5.41, 5.74) is 2.41. The van der Waals surface area contributed by atoms with E-state index in [9.17, 15) is 0 Å². The SMILES string of the molecule is COc1cc(O)ccc1O.c1ccc2c(c1)Nc1ccccc1S2. The Morgan fingerprint density at radius 1 is 0.833 bits per heavy atom. The number of para-hydroxylation sites is 2. The summed E-state index contributed by atoms with van der Waals surface area (Å²) in [5.74, 6) is 0.384. The molecule has 3 N–H and O–H groups in total. The molecule has 3 aromatic carbocycles. The first-order valence-corrected chi connectivity index (χ1v) is 8.18. The second-order valence-corrected chi connectivity index (χ2v) is 6.16. The minimum atomic E-state index is 0.0281. The highest BCUT2D eigenvalue weighted by molar-refractivity contribution is 7.99. The van der Waals surface area contributed by atoms with Gasteiger partial charge in [0.1, 0.15) is 5.75 Å². The van der Waals surface area contributed by atoms with Crippen LogP contribution in [0.4, 0.5) is 11.4 Å². The van der Waals surface area contributed by atoms with Crippen molar-refractivity contribution in [3.05, 3.63) is 66.7 Å². The van der Waals surface area contributed by atoms with Gasteiger partial charge in [0.25, 0.3) is 0 Å². The van der Waals surface area contributed by atoms with Gasteiger partial charge in [0, 0.05) is 15.9 Å². The zero-order valence-electron chi connectivity index (χ0n) is 13.1. The molecule has 1 heterocycles. The fraction of sp³-hybridized carbons (Fsp3) is 0.0526. The number of hydrogen-bond acceptors (Lipinski definition) is 5. The molecule has 5 heteroatoms. The zero-order chi connectivity index (χ0) is 16.9. The molecule has 4 nitrogen and oxygen atoms in total. The molecule has 4 rings (SSSR count). The van der Waals surface area contributed by atoms with Gasteiger partial charge < -0.3 is 20.3 Å². The van der Waals surface area contributed by atoms with Gasteiger partial charge in [0.15, 0.2) is 11.5 Å². The van der Waals surface area contributed by atoms with Gasteiger partial charge in [0.05, 0.1) is 18.5 Å². The largest absolute Gasteiger partial charge is 0.508 e. The van der Waals surface area contributed by atoms with Crippen molar-refractivity contribution in [2.75, 3.05) is 12.4 Å². The number of phenolic OH excluding ortho intramolecular Hbond substituents is 2. The summed E-state index contributed by atoms with van der Waals surface area (Å²) in [6, 6.07) is 20.9. The number of rotatable bonds is 1. The van der Waals surface area contributed by atoms with E-state index in [4.69, 9.17) is 14.9 Å². The van der Waals surface area contributed by atoms with E-state index in [1.807, 2.05) is 11.8 Å². The Hall–Kier alpha value is -2.79. The summed E-state index contributed by atoms with van der Waals surface area (Å²) in [6.45, 7) is 0. The molecule has 0 atom stereocenters. The third kappa shape index (κ3) is 3.58. The van der Waals surface area contributed by atoms with E-state index in [1.165, 1.54) is 46.5 Å². The van der Waals surface area contributed by atoms with Crippen LogP contribution in [0.5, 0.6) is 17.2 Å². The van der Waals surface area contributed by atoms with Crippen molar-refractivity contribution in [2.24, 2.45) is 0 Å². The molecule has 0 saturated carbocycles. The number of ether oxygens (including phenoxy) is 1. The first-order chi connectivity index (χ1) is 11.7. The highest BCUT2D eigenvalue weighted by atomic mass is 32.2. The molecular formula is C19H17NO3S. The number of aromatic hydroxyl groups is 2. The lowest BCUT2D eigenvalue weighted by Gasteiger charge is -2.19. The monoisotopic (exact) mass is 339 g/mol. The smallest absolute Gasteiger partial charge is 0.164 e. The molecule has 0 aliphatic carbocycles. The molecule has 0 bridgehead atoms. The molecule has 3 aromatic rings. The molecule has 0 amide bonds. The third-order valence-corrected chi connectivity index (χ3v) is 4.58. The van der Waals surface area contributed by atoms with E-state index in [1.54, 1.807) is 0 Å². The van der Waals surface area contributed by atoms with E-state index in [0.29, 0.717) is 0 Å². The maximum Gasteiger partial charge on any atom is 0.164 e. The van der Waals surface area contributed by atoms with Crippen molar-refractivity contribution in [3.8, 4) is 17.2 Å². The molecule has 1 aliphatic rings. The van der Waals surface area contributed by atoms with Crippen LogP contribution in [0.3, 0.4) is 0 Å². The van der Waals surface area contributed by atoms with Crippen LogP contribution in [0.2, 0.25) is 0 Å². The Bertz CT molecular complexity index is 764. The van der Waals surface area contributed by atoms with Gasteiger partial charge in [-0.15, -0.1) is 0 Å². The molecular weight excluding hydrogens is 322 g/mol. The zero-order valence-corrected chi connectivity index (χ0v) is 13.9. The van der Waals surface area contributed by atoms with Crippen molar-refractivity contribution < 1.29 is 14.9 Å². The Labute approximate surface area is 144 Å². The normalized spacial score (nSPS) is 11.2. The highest BCUT2D eigenvalue weighted by Gasteiger charge is 2.13. The average molecular weight is 339 g/mol. The number of methoxy groups -OCH3 is 1. The summed E-state index contributed by atoms with van der Waals surface area (Å²) in [6.07, 6.45) is 0. The molecule has 0 radical (unpaired) electrons. The van der Waals surface area contributed by atoms with Gasteiger partial charge >= 0.3 is 0 Å². The van der Waals surface area contributed by atoms with Crippen molar-refractivity contribution in [3.63, 3.8) is 0 Å². The standard InChI is InChI=1S/C12H9NS.C7H8O3/c1-3-7-11-9(5-1)13-10-6-2-4-8-12(10)14-11;1-10-7-4-5(8)2-3-6(7)9/h1-8,13H;2-4,8-9H,1H3. The fourth-order valence-electron chi connectivity index (χ4n) is 2.25. The number of fused-ring (bicyclic) bond motifs is 2. The van der Waals surface area contributed by atoms with Crippen molar-refractivity contribution >= 4 is 23.1 Å². The average Bonchev–Trinajstić information content (AvgIpc) is 2.62. The predicted octanol–water partition coefficient (Wildman–Crippen LogP) is 5.00. The van der Waals surface area contributed by atoms with Gasteiger partial charge in [-0.2, -0.15) is 0 Å². The summed E-state index contributed by atoms with van der Waals surface area (Å²) in [5, 5.41) is 21.3. The quantitative estimate of drug-likeness (QED) is 0.426. The van der Waals surface area contributed by atoms with Crippen LogP contribution < -0.4 is 10.1 Å². The first-order valence-electron chi connectivity index (χ1n) is 7.36. The molecule has 0 unspecified atom stereocenters. The number of benzene rings is 3. The van der Waals surface area contributed by atoms with Crippen molar-refractivity contribution in [1.82, 2.24) is 0 Å². The maximum absolute atomic E-state index is 9.00. The summed E-state index contributed by atoms with van der Waals surface area (Å²) in [4.78, 5) is 2.59. The van der Waals surface area contributed by atoms with Crippen LogP contribution in [0, 0.1) is 0 Å². The van der Waals surface area contributed by atoms with E-state index in [0.717, 1.165) is 0 Å². The van der Waals surface area contributed by atoms with E-state index < -0.39 is 0 Å². The second-order valence-electron chi connectivity index (χ2n) is 5.08. The number of phenols is 2. The van der Waals surface area contributed by atoms with Gasteiger partial charge in [-0.25, -0.2) is 0 Å². The lowest BCUT2D eigenvalue weighted by atomic mass is 10.2. The number of anilines is 2. The Kier molecular flexibility index (Phi) is 4.82. The van der Waals surface area contributed by atoms with E-state index in [2.05, 4.69) is 53.8 Å². The lowest BCUT2D eigenvalue weighted by Crippen LogP contribution is -1.98. The van der Waals surface area contributed by atoms with Gasteiger partial charge in [0.2, 0.25) is 0 Å². The lowest BCUT2D eigenvalue weighted by molar-refractivity contribution is 0.368. The first kappa shape index (κ1) is 16.1. The Morgan fingerprint density at radius 3 is 1.96 bits per heavy atom. The van der Waals surface area contributed by atoms with Crippen LogP contribution in [0.25, 0.3) is 0 Å². The van der Waals surface area contributed by atoms with Crippen LogP contribution in [-0.2, 0) is 0 Å². The molecule has 0 fully saturated rings. The molecule has 0 spiro atoms. The summed E-state index contributed by atoms with van der Waals surface area (Å²) < 4.78 is 4.72. The van der Waals surface area contributed by atoms with Crippen LogP contribution in [-0.4, -0.2) is 17.3 Å². The fourth-order valence-corrected chi connectivity index (χ4v) is 3.24. The predicted molar refractivity (Wildman–Crippen MR) is 96.6 cm³/mol. The molecule has 0 aromatic heterocycles. The van der Waals surface area contributed by atoms with E-state index >= 15 is 0 Å². The number of nitrogens with one attached hydrogen (secondary N) is 1. The summed E-state index contributed by atoms with van der Waals surface area (Å²) >= 11 is 1.82. The van der Waals surface area contributed by atoms with Crippen LogP contribution in [0.1, 0.15) is 0 Å². The molecule has 24 heavy (non-hydrogen) atoms. The Morgan fingerprint density at radius 2 is 1.42 bits per heavy atom. The highest BCUT2D eigenvalue weighted by Crippen LogP contribution is 2.43. The number of hydrogen-bond donors (Lipinski definition) is 3.